The summed E-state index contributed by atoms with van der Waals surface area (Å²) < 4.78 is 5.44. The van der Waals surface area contributed by atoms with Gasteiger partial charge < -0.3 is 4.53 Å². The molecule has 1 aliphatic rings. The second-order valence-corrected chi connectivity index (χ2v) is 8.48. The summed E-state index contributed by atoms with van der Waals surface area (Å²) in [5.41, 5.74) is 1.27. The smallest absolute Gasteiger partial charge is 0.278 e. The van der Waals surface area contributed by atoms with Gasteiger partial charge in [-0.1, -0.05) is 0 Å². The fraction of sp³-hybridized carbons (Fsp3) is 0.875. The Kier molecular flexibility index (Phi) is 2.71. The van der Waals surface area contributed by atoms with Crippen LogP contribution in [0.5, 0.6) is 0 Å². The van der Waals surface area contributed by atoms with E-state index in [1.54, 1.807) is 0 Å². The summed E-state index contributed by atoms with van der Waals surface area (Å²) in [6.45, 7) is 6.48. The molecule has 0 N–H and O–H groups in total. The molecule has 0 unspecified atom stereocenters. The first-order chi connectivity index (χ1) is 5.08. The maximum absolute atomic E-state index is 5.44. The molecule has 0 spiro atoms. The maximum atomic E-state index is 5.44. The lowest BCUT2D eigenvalue weighted by atomic mass is 10.3. The van der Waals surface area contributed by atoms with Gasteiger partial charge in [0, 0.05) is 0 Å². The van der Waals surface area contributed by atoms with E-state index in [1.165, 1.54) is 18.6 Å². The molecule has 0 aromatic carbocycles. The molecular weight excluding hydrogens is 154 g/mol. The highest BCUT2D eigenvalue weighted by molar-refractivity contribution is 6.69. The standard InChI is InChI=1S/C8H17NOSi/c1-11(2,3)10-9-8-6-4-5-7-8/h4-7H2,1-3H3. The normalized spacial score (nSPS) is 18.6. The average Bonchev–Trinajstić information content (AvgIpc) is 2.32. The molecule has 1 fully saturated rings. The number of hydrogen-bond acceptors (Lipinski definition) is 2. The van der Waals surface area contributed by atoms with Crippen molar-refractivity contribution in [3.05, 3.63) is 0 Å². The third-order valence-electron chi connectivity index (χ3n) is 1.63. The summed E-state index contributed by atoms with van der Waals surface area (Å²) in [6, 6.07) is 0. The molecule has 0 bridgehead atoms. The molecule has 0 aliphatic heterocycles. The number of hydrogen-bond donors (Lipinski definition) is 0. The number of rotatable bonds is 2. The Morgan fingerprint density at radius 3 is 2.18 bits per heavy atom. The van der Waals surface area contributed by atoms with Gasteiger partial charge in [-0.15, -0.1) is 5.16 Å². The summed E-state index contributed by atoms with van der Waals surface area (Å²) in [5, 5.41) is 4.17. The third kappa shape index (κ3) is 3.56. The maximum Gasteiger partial charge on any atom is 0.278 e. The van der Waals surface area contributed by atoms with E-state index in [2.05, 4.69) is 24.8 Å². The molecular formula is C8H17NOSi. The van der Waals surface area contributed by atoms with E-state index in [0.29, 0.717) is 0 Å². The molecule has 3 heteroatoms. The van der Waals surface area contributed by atoms with Crippen LogP contribution in [0.25, 0.3) is 0 Å². The summed E-state index contributed by atoms with van der Waals surface area (Å²) in [6.07, 6.45) is 4.91. The Balaban J connectivity index is 2.34. The van der Waals surface area contributed by atoms with E-state index in [-0.39, 0.29) is 0 Å². The summed E-state index contributed by atoms with van der Waals surface area (Å²) in [4.78, 5) is 0. The Morgan fingerprint density at radius 1 is 1.18 bits per heavy atom. The minimum absolute atomic E-state index is 1.16. The van der Waals surface area contributed by atoms with Gasteiger partial charge in [0.2, 0.25) is 0 Å². The highest BCUT2D eigenvalue weighted by Gasteiger charge is 2.17. The van der Waals surface area contributed by atoms with Crippen LogP contribution < -0.4 is 0 Å². The van der Waals surface area contributed by atoms with E-state index in [9.17, 15) is 0 Å². The molecule has 0 saturated heterocycles. The molecule has 1 saturated carbocycles. The van der Waals surface area contributed by atoms with Gasteiger partial charge in [0.25, 0.3) is 8.32 Å². The van der Waals surface area contributed by atoms with Crippen molar-refractivity contribution in [3.63, 3.8) is 0 Å². The van der Waals surface area contributed by atoms with Crippen LogP contribution in [0.4, 0.5) is 0 Å². The summed E-state index contributed by atoms with van der Waals surface area (Å²) in [7, 11) is -1.41. The van der Waals surface area contributed by atoms with Crippen LogP contribution in [0.2, 0.25) is 19.6 Å². The van der Waals surface area contributed by atoms with Crippen molar-refractivity contribution >= 4 is 14.0 Å². The Bertz CT molecular complexity index is 152. The van der Waals surface area contributed by atoms with Gasteiger partial charge in [-0.25, -0.2) is 0 Å². The molecule has 0 amide bonds. The van der Waals surface area contributed by atoms with Gasteiger partial charge in [-0.2, -0.15) is 0 Å². The highest BCUT2D eigenvalue weighted by Crippen LogP contribution is 2.15. The Labute approximate surface area is 69.8 Å². The van der Waals surface area contributed by atoms with Crippen LogP contribution in [-0.2, 0) is 4.53 Å². The minimum Gasteiger partial charge on any atom is -0.456 e. The largest absolute Gasteiger partial charge is 0.456 e. The highest BCUT2D eigenvalue weighted by atomic mass is 28.4. The van der Waals surface area contributed by atoms with Gasteiger partial charge >= 0.3 is 0 Å². The van der Waals surface area contributed by atoms with E-state index >= 15 is 0 Å². The minimum atomic E-state index is -1.41. The van der Waals surface area contributed by atoms with Crippen LogP contribution in [0.15, 0.2) is 5.16 Å². The quantitative estimate of drug-likeness (QED) is 0.462. The van der Waals surface area contributed by atoms with Crippen LogP contribution in [0.3, 0.4) is 0 Å². The molecule has 2 nitrogen and oxygen atoms in total. The first-order valence-corrected chi connectivity index (χ1v) is 7.73. The summed E-state index contributed by atoms with van der Waals surface area (Å²) in [5.74, 6) is 0. The predicted molar refractivity (Wildman–Crippen MR) is 50.3 cm³/mol. The molecule has 11 heavy (non-hydrogen) atoms. The van der Waals surface area contributed by atoms with Crippen molar-refractivity contribution in [2.45, 2.75) is 45.3 Å². The van der Waals surface area contributed by atoms with Crippen molar-refractivity contribution in [2.75, 3.05) is 0 Å². The van der Waals surface area contributed by atoms with Crippen molar-refractivity contribution in [1.82, 2.24) is 0 Å². The first-order valence-electron chi connectivity index (χ1n) is 4.32. The van der Waals surface area contributed by atoms with Gasteiger partial charge in [-0.05, 0) is 45.3 Å². The molecule has 1 rings (SSSR count). The van der Waals surface area contributed by atoms with E-state index in [1.807, 2.05) is 0 Å². The second kappa shape index (κ2) is 3.39. The molecule has 0 aromatic heterocycles. The molecule has 0 atom stereocenters. The van der Waals surface area contributed by atoms with Gasteiger partial charge in [0.1, 0.15) is 0 Å². The Morgan fingerprint density at radius 2 is 1.73 bits per heavy atom. The monoisotopic (exact) mass is 171 g/mol. The van der Waals surface area contributed by atoms with E-state index < -0.39 is 8.32 Å². The van der Waals surface area contributed by atoms with Crippen LogP contribution in [0.1, 0.15) is 25.7 Å². The molecule has 0 heterocycles. The van der Waals surface area contributed by atoms with E-state index in [4.69, 9.17) is 4.53 Å². The van der Waals surface area contributed by atoms with Crippen molar-refractivity contribution in [3.8, 4) is 0 Å². The lowest BCUT2D eigenvalue weighted by molar-refractivity contribution is 0.333. The number of nitrogens with zero attached hydrogens (tertiary/aromatic N) is 1. The topological polar surface area (TPSA) is 21.6 Å². The SMILES string of the molecule is C[Si](C)(C)ON=C1CCCC1. The fourth-order valence-electron chi connectivity index (χ4n) is 1.08. The lowest BCUT2D eigenvalue weighted by Gasteiger charge is -2.13. The van der Waals surface area contributed by atoms with Gasteiger partial charge in [0.05, 0.1) is 5.71 Å². The molecule has 64 valence electrons. The van der Waals surface area contributed by atoms with Crippen molar-refractivity contribution < 1.29 is 4.53 Å². The van der Waals surface area contributed by atoms with E-state index in [0.717, 1.165) is 12.8 Å². The molecule has 1 aliphatic carbocycles. The lowest BCUT2D eigenvalue weighted by Crippen LogP contribution is -2.22. The fourth-order valence-corrected chi connectivity index (χ4v) is 1.48. The van der Waals surface area contributed by atoms with Crippen LogP contribution >= 0.6 is 0 Å². The van der Waals surface area contributed by atoms with Crippen LogP contribution in [0, 0.1) is 0 Å². The molecule has 0 aromatic rings. The number of oxime groups is 1. The summed E-state index contributed by atoms with van der Waals surface area (Å²) >= 11 is 0. The molecule has 0 radical (unpaired) electrons. The van der Waals surface area contributed by atoms with Gasteiger partial charge in [0.15, 0.2) is 0 Å². The third-order valence-corrected chi connectivity index (χ3v) is 2.27. The Hall–Kier alpha value is -0.313. The first kappa shape index (κ1) is 8.78. The van der Waals surface area contributed by atoms with Crippen molar-refractivity contribution in [1.29, 1.82) is 0 Å². The van der Waals surface area contributed by atoms with Gasteiger partial charge in [-0.3, -0.25) is 0 Å². The van der Waals surface area contributed by atoms with Crippen LogP contribution in [-0.4, -0.2) is 14.0 Å². The zero-order chi connectivity index (χ0) is 8.32. The average molecular weight is 171 g/mol. The second-order valence-electron chi connectivity index (χ2n) is 4.07. The predicted octanol–water partition coefficient (Wildman–Crippen LogP) is 2.77. The zero-order valence-corrected chi connectivity index (χ0v) is 8.68. The zero-order valence-electron chi connectivity index (χ0n) is 7.68. The van der Waals surface area contributed by atoms with Crippen molar-refractivity contribution in [2.24, 2.45) is 5.16 Å².